The second kappa shape index (κ2) is 8.41. The Labute approximate surface area is 137 Å². The molecule has 128 valence electrons. The van der Waals surface area contributed by atoms with Crippen molar-refractivity contribution in [2.24, 2.45) is 0 Å². The van der Waals surface area contributed by atoms with Crippen molar-refractivity contribution in [1.29, 1.82) is 0 Å². The Hall–Kier alpha value is -1.46. The maximum absolute atomic E-state index is 13.2. The van der Waals surface area contributed by atoms with Gasteiger partial charge in [-0.1, -0.05) is 19.1 Å². The third-order valence-corrected chi connectivity index (χ3v) is 4.54. The van der Waals surface area contributed by atoms with Gasteiger partial charge in [-0.2, -0.15) is 0 Å². The molecule has 1 aliphatic heterocycles. The third-order valence-electron chi connectivity index (χ3n) is 4.54. The molecule has 1 aromatic rings. The molecular formula is C18H26FNO3. The fourth-order valence-electron chi connectivity index (χ4n) is 3.08. The fraction of sp³-hybridized carbons (Fsp3) is 0.611. The summed E-state index contributed by atoms with van der Waals surface area (Å²) < 4.78 is 24.2. The van der Waals surface area contributed by atoms with Gasteiger partial charge in [-0.15, -0.1) is 0 Å². The summed E-state index contributed by atoms with van der Waals surface area (Å²) in [5.74, 6) is -0.329. The van der Waals surface area contributed by atoms with E-state index in [4.69, 9.17) is 9.47 Å². The molecule has 4 nitrogen and oxygen atoms in total. The summed E-state index contributed by atoms with van der Waals surface area (Å²) in [6.45, 7) is 6.15. The lowest BCUT2D eigenvalue weighted by Gasteiger charge is -2.38. The van der Waals surface area contributed by atoms with E-state index in [1.807, 2.05) is 26.0 Å². The van der Waals surface area contributed by atoms with Crippen LogP contribution in [-0.2, 0) is 19.7 Å². The molecule has 0 radical (unpaired) electrons. The van der Waals surface area contributed by atoms with Gasteiger partial charge >= 0.3 is 0 Å². The van der Waals surface area contributed by atoms with Crippen molar-refractivity contribution in [3.8, 4) is 0 Å². The van der Waals surface area contributed by atoms with E-state index in [2.05, 4.69) is 5.32 Å². The van der Waals surface area contributed by atoms with Crippen molar-refractivity contribution in [2.45, 2.75) is 44.6 Å². The number of benzene rings is 1. The maximum atomic E-state index is 13.2. The highest BCUT2D eigenvalue weighted by Gasteiger charge is 2.35. The molecule has 0 aromatic heterocycles. The van der Waals surface area contributed by atoms with Crippen molar-refractivity contribution >= 4 is 5.91 Å². The lowest BCUT2D eigenvalue weighted by Crippen LogP contribution is -2.47. The van der Waals surface area contributed by atoms with Gasteiger partial charge in [-0.25, -0.2) is 4.39 Å². The molecule has 0 aliphatic carbocycles. The Morgan fingerprint density at radius 2 is 1.96 bits per heavy atom. The largest absolute Gasteiger partial charge is 0.381 e. The van der Waals surface area contributed by atoms with Gasteiger partial charge in [-0.3, -0.25) is 4.79 Å². The van der Waals surface area contributed by atoms with Crippen LogP contribution in [0.15, 0.2) is 24.3 Å². The van der Waals surface area contributed by atoms with Gasteiger partial charge in [0.05, 0.1) is 0 Å². The van der Waals surface area contributed by atoms with Gasteiger partial charge in [0.1, 0.15) is 11.9 Å². The van der Waals surface area contributed by atoms with Crippen molar-refractivity contribution in [2.75, 3.05) is 26.4 Å². The number of rotatable bonds is 7. The van der Waals surface area contributed by atoms with Gasteiger partial charge in [0, 0.05) is 31.8 Å². The van der Waals surface area contributed by atoms with Gasteiger partial charge in [-0.05, 0) is 43.9 Å². The number of hydrogen-bond acceptors (Lipinski definition) is 3. The normalized spacial score (nSPS) is 18.4. The zero-order valence-electron chi connectivity index (χ0n) is 13.9. The maximum Gasteiger partial charge on any atom is 0.249 e. The monoisotopic (exact) mass is 323 g/mol. The minimum Gasteiger partial charge on any atom is -0.381 e. The predicted molar refractivity (Wildman–Crippen MR) is 86.8 cm³/mol. The molecule has 1 atom stereocenters. The highest BCUT2D eigenvalue weighted by molar-refractivity contribution is 5.80. The Balaban J connectivity index is 2.10. The summed E-state index contributed by atoms with van der Waals surface area (Å²) in [5.41, 5.74) is 0.846. The van der Waals surface area contributed by atoms with Crippen LogP contribution in [0.1, 0.15) is 38.7 Å². The van der Waals surface area contributed by atoms with Crippen molar-refractivity contribution in [3.63, 3.8) is 0 Å². The SMILES string of the molecule is CCOC(CC)C(=O)NCC1(c2ccc(F)cc2)CCOCC1. The van der Waals surface area contributed by atoms with Crippen LogP contribution < -0.4 is 5.32 Å². The highest BCUT2D eigenvalue weighted by Crippen LogP contribution is 2.34. The number of ether oxygens (including phenoxy) is 2. The van der Waals surface area contributed by atoms with Crippen molar-refractivity contribution in [3.05, 3.63) is 35.6 Å². The average molecular weight is 323 g/mol. The van der Waals surface area contributed by atoms with Crippen LogP contribution in [-0.4, -0.2) is 38.4 Å². The number of halogens is 1. The minimum atomic E-state index is -0.412. The van der Waals surface area contributed by atoms with E-state index < -0.39 is 6.10 Å². The summed E-state index contributed by atoms with van der Waals surface area (Å²) >= 11 is 0. The van der Waals surface area contributed by atoms with Gasteiger partial charge in [0.15, 0.2) is 0 Å². The number of hydrogen-bond donors (Lipinski definition) is 1. The first-order valence-electron chi connectivity index (χ1n) is 8.34. The van der Waals surface area contributed by atoms with Crippen molar-refractivity contribution in [1.82, 2.24) is 5.32 Å². The van der Waals surface area contributed by atoms with Gasteiger partial charge in [0.25, 0.3) is 0 Å². The second-order valence-corrected chi connectivity index (χ2v) is 5.97. The van der Waals surface area contributed by atoms with Gasteiger partial charge in [0.2, 0.25) is 5.91 Å². The quantitative estimate of drug-likeness (QED) is 0.839. The molecule has 0 bridgehead atoms. The topological polar surface area (TPSA) is 47.6 Å². The molecule has 1 fully saturated rings. The molecule has 1 amide bonds. The van der Waals surface area contributed by atoms with Crippen LogP contribution in [0.4, 0.5) is 4.39 Å². The summed E-state index contributed by atoms with van der Waals surface area (Å²) in [6, 6.07) is 6.58. The second-order valence-electron chi connectivity index (χ2n) is 5.97. The number of carbonyl (C=O) groups is 1. The van der Waals surface area contributed by atoms with Crippen LogP contribution in [0.3, 0.4) is 0 Å². The van der Waals surface area contributed by atoms with E-state index in [0.717, 1.165) is 18.4 Å². The molecule has 0 spiro atoms. The third kappa shape index (κ3) is 4.52. The van der Waals surface area contributed by atoms with E-state index >= 15 is 0 Å². The molecule has 23 heavy (non-hydrogen) atoms. The van der Waals surface area contributed by atoms with Crippen LogP contribution in [0, 0.1) is 5.82 Å². The van der Waals surface area contributed by atoms with Crippen LogP contribution in [0.2, 0.25) is 0 Å². The van der Waals surface area contributed by atoms with E-state index in [9.17, 15) is 9.18 Å². The van der Waals surface area contributed by atoms with E-state index in [1.54, 1.807) is 0 Å². The summed E-state index contributed by atoms with van der Waals surface area (Å²) in [4.78, 5) is 12.3. The molecule has 1 heterocycles. The zero-order valence-corrected chi connectivity index (χ0v) is 13.9. The summed E-state index contributed by atoms with van der Waals surface area (Å²) in [7, 11) is 0. The van der Waals surface area contributed by atoms with Crippen molar-refractivity contribution < 1.29 is 18.7 Å². The first-order valence-corrected chi connectivity index (χ1v) is 8.34. The molecule has 5 heteroatoms. The highest BCUT2D eigenvalue weighted by atomic mass is 19.1. The lowest BCUT2D eigenvalue weighted by atomic mass is 9.74. The van der Waals surface area contributed by atoms with E-state index in [-0.39, 0.29) is 17.1 Å². The minimum absolute atomic E-state index is 0.0812. The van der Waals surface area contributed by atoms with E-state index in [1.165, 1.54) is 12.1 Å². The lowest BCUT2D eigenvalue weighted by molar-refractivity contribution is -0.133. The Bertz CT molecular complexity index is 497. The number of carbonyl (C=O) groups excluding carboxylic acids is 1. The van der Waals surface area contributed by atoms with Crippen LogP contribution in [0.5, 0.6) is 0 Å². The van der Waals surface area contributed by atoms with E-state index in [0.29, 0.717) is 32.8 Å². The molecule has 1 aromatic carbocycles. The van der Waals surface area contributed by atoms with Crippen LogP contribution in [0.25, 0.3) is 0 Å². The standard InChI is InChI=1S/C18H26FNO3/c1-3-16(23-4-2)17(21)20-13-18(9-11-22-12-10-18)14-5-7-15(19)8-6-14/h5-8,16H,3-4,9-13H2,1-2H3,(H,20,21). The molecule has 1 saturated heterocycles. The summed E-state index contributed by atoms with van der Waals surface area (Å²) in [6.07, 6.45) is 1.85. The molecule has 1 aliphatic rings. The average Bonchev–Trinajstić information content (AvgIpc) is 2.59. The molecule has 1 N–H and O–H groups in total. The van der Waals surface area contributed by atoms with Gasteiger partial charge < -0.3 is 14.8 Å². The Morgan fingerprint density at radius 3 is 2.52 bits per heavy atom. The first-order chi connectivity index (χ1) is 11.1. The molecule has 0 saturated carbocycles. The Kier molecular flexibility index (Phi) is 6.54. The molecule has 1 unspecified atom stereocenters. The smallest absolute Gasteiger partial charge is 0.249 e. The summed E-state index contributed by atoms with van der Waals surface area (Å²) in [5, 5.41) is 3.03. The number of nitrogens with one attached hydrogen (secondary N) is 1. The van der Waals surface area contributed by atoms with Crippen LogP contribution >= 0.6 is 0 Å². The fourth-order valence-corrected chi connectivity index (χ4v) is 3.08. The zero-order chi connectivity index (χ0) is 16.7. The molecule has 2 rings (SSSR count). The Morgan fingerprint density at radius 1 is 1.30 bits per heavy atom. The number of amides is 1. The molecular weight excluding hydrogens is 297 g/mol. The first kappa shape index (κ1) is 17.9. The predicted octanol–water partition coefficient (Wildman–Crippen LogP) is 2.81.